The van der Waals surface area contributed by atoms with E-state index in [1.165, 1.54) is 12.1 Å². The Balaban J connectivity index is 1.77. The van der Waals surface area contributed by atoms with Gasteiger partial charge in [-0.2, -0.15) is 0 Å². The van der Waals surface area contributed by atoms with Crippen molar-refractivity contribution in [2.45, 2.75) is 44.8 Å². The molecular formula is C23H33FN4O2S. The predicted octanol–water partition coefficient (Wildman–Crippen LogP) is 4.14. The molecule has 2 heterocycles. The number of thiazole rings is 1. The fourth-order valence-corrected chi connectivity index (χ4v) is 4.64. The van der Waals surface area contributed by atoms with Gasteiger partial charge in [0.15, 0.2) is 5.96 Å². The first-order chi connectivity index (χ1) is 15.0. The summed E-state index contributed by atoms with van der Waals surface area (Å²) >= 11 is 1.62. The summed E-state index contributed by atoms with van der Waals surface area (Å²) in [6.07, 6.45) is 1.74. The summed E-state index contributed by atoms with van der Waals surface area (Å²) in [5.74, 6) is 0.623. The van der Waals surface area contributed by atoms with Crippen molar-refractivity contribution in [1.82, 2.24) is 15.2 Å². The molecule has 1 aliphatic heterocycles. The van der Waals surface area contributed by atoms with Gasteiger partial charge in [-0.25, -0.2) is 9.37 Å². The van der Waals surface area contributed by atoms with Gasteiger partial charge in [-0.1, -0.05) is 12.1 Å². The van der Waals surface area contributed by atoms with E-state index in [4.69, 9.17) is 19.5 Å². The van der Waals surface area contributed by atoms with Gasteiger partial charge < -0.3 is 19.7 Å². The Labute approximate surface area is 188 Å². The highest BCUT2D eigenvalue weighted by Crippen LogP contribution is 2.35. The number of nitrogens with zero attached hydrogens (tertiary/aromatic N) is 3. The molecule has 0 spiro atoms. The van der Waals surface area contributed by atoms with Crippen LogP contribution in [0.1, 0.15) is 49.1 Å². The standard InChI is InChI=1S/C23H33FN4O2S/c1-5-25-22(28(3)14-20-15-31-21(27-20)17(2)29-4)26-16-23(10-12-30-13-11-23)18-6-8-19(24)9-7-18/h6-9,15,17H,5,10-14,16H2,1-4H3,(H,25,26). The lowest BCUT2D eigenvalue weighted by molar-refractivity contribution is 0.0530. The molecule has 1 unspecified atom stereocenters. The number of hydrogen-bond acceptors (Lipinski definition) is 5. The van der Waals surface area contributed by atoms with Crippen LogP contribution < -0.4 is 5.32 Å². The second kappa shape index (κ2) is 11.0. The molecule has 1 N–H and O–H groups in total. The van der Waals surface area contributed by atoms with Crippen LogP contribution in [0.3, 0.4) is 0 Å². The van der Waals surface area contributed by atoms with Crippen LogP contribution in [-0.2, 0) is 21.4 Å². The van der Waals surface area contributed by atoms with Crippen molar-refractivity contribution in [3.63, 3.8) is 0 Å². The topological polar surface area (TPSA) is 59.0 Å². The van der Waals surface area contributed by atoms with Gasteiger partial charge in [-0.05, 0) is 44.4 Å². The molecule has 0 aliphatic carbocycles. The highest BCUT2D eigenvalue weighted by Gasteiger charge is 2.34. The molecule has 1 aliphatic rings. The van der Waals surface area contributed by atoms with Gasteiger partial charge in [-0.3, -0.25) is 4.99 Å². The van der Waals surface area contributed by atoms with E-state index in [0.29, 0.717) is 26.3 Å². The SMILES string of the molecule is CCNC(=NCC1(c2ccc(F)cc2)CCOCC1)N(C)Cc1csc(C(C)OC)n1. The van der Waals surface area contributed by atoms with Gasteiger partial charge in [0.25, 0.3) is 0 Å². The summed E-state index contributed by atoms with van der Waals surface area (Å²) in [7, 11) is 3.72. The lowest BCUT2D eigenvalue weighted by Crippen LogP contribution is -2.41. The first kappa shape index (κ1) is 23.6. The summed E-state index contributed by atoms with van der Waals surface area (Å²) in [5.41, 5.74) is 1.98. The minimum absolute atomic E-state index is 0.00458. The maximum Gasteiger partial charge on any atom is 0.194 e. The van der Waals surface area contributed by atoms with E-state index >= 15 is 0 Å². The number of methoxy groups -OCH3 is 1. The molecule has 8 heteroatoms. The van der Waals surface area contributed by atoms with E-state index in [0.717, 1.165) is 41.6 Å². The Morgan fingerprint density at radius 1 is 1.35 bits per heavy atom. The molecule has 0 bridgehead atoms. The third kappa shape index (κ3) is 6.02. The lowest BCUT2D eigenvalue weighted by Gasteiger charge is -2.37. The molecule has 6 nitrogen and oxygen atoms in total. The van der Waals surface area contributed by atoms with E-state index in [1.54, 1.807) is 18.4 Å². The first-order valence-corrected chi connectivity index (χ1v) is 11.7. The number of ether oxygens (including phenoxy) is 2. The van der Waals surface area contributed by atoms with Crippen LogP contribution in [0.5, 0.6) is 0 Å². The average molecular weight is 449 g/mol. The third-order valence-corrected chi connectivity index (χ3v) is 6.86. The first-order valence-electron chi connectivity index (χ1n) is 10.8. The maximum atomic E-state index is 13.5. The second-order valence-electron chi connectivity index (χ2n) is 7.98. The molecule has 31 heavy (non-hydrogen) atoms. The zero-order valence-corrected chi connectivity index (χ0v) is 19.7. The number of halogens is 1. The quantitative estimate of drug-likeness (QED) is 0.486. The average Bonchev–Trinajstić information content (AvgIpc) is 3.25. The van der Waals surface area contributed by atoms with E-state index in [1.807, 2.05) is 26.1 Å². The van der Waals surface area contributed by atoms with Crippen molar-refractivity contribution in [3.05, 3.63) is 51.7 Å². The maximum absolute atomic E-state index is 13.5. The fourth-order valence-electron chi connectivity index (χ4n) is 3.80. The number of hydrogen-bond donors (Lipinski definition) is 1. The zero-order valence-electron chi connectivity index (χ0n) is 18.9. The third-order valence-electron chi connectivity index (χ3n) is 5.80. The Morgan fingerprint density at radius 3 is 2.71 bits per heavy atom. The smallest absolute Gasteiger partial charge is 0.194 e. The van der Waals surface area contributed by atoms with Crippen molar-refractivity contribution in [3.8, 4) is 0 Å². The summed E-state index contributed by atoms with van der Waals surface area (Å²) in [5, 5.41) is 6.45. The predicted molar refractivity (Wildman–Crippen MR) is 123 cm³/mol. The molecule has 1 fully saturated rings. The van der Waals surface area contributed by atoms with Crippen LogP contribution in [0.15, 0.2) is 34.6 Å². The molecule has 170 valence electrons. The molecule has 1 aromatic heterocycles. The van der Waals surface area contributed by atoms with Gasteiger partial charge in [0.2, 0.25) is 0 Å². The van der Waals surface area contributed by atoms with Crippen molar-refractivity contribution in [1.29, 1.82) is 0 Å². The van der Waals surface area contributed by atoms with E-state index < -0.39 is 0 Å². The van der Waals surface area contributed by atoms with Gasteiger partial charge in [0.1, 0.15) is 16.9 Å². The number of aromatic nitrogens is 1. The van der Waals surface area contributed by atoms with Crippen molar-refractivity contribution < 1.29 is 13.9 Å². The number of guanidine groups is 1. The van der Waals surface area contributed by atoms with Gasteiger partial charge in [0, 0.05) is 44.7 Å². The minimum Gasteiger partial charge on any atom is -0.381 e. The Hall–Kier alpha value is -2.03. The monoisotopic (exact) mass is 448 g/mol. The van der Waals surface area contributed by atoms with Crippen LogP contribution in [-0.4, -0.2) is 56.3 Å². The number of benzene rings is 1. The van der Waals surface area contributed by atoms with Gasteiger partial charge in [0.05, 0.1) is 18.8 Å². The van der Waals surface area contributed by atoms with Crippen LogP contribution in [0.25, 0.3) is 0 Å². The largest absolute Gasteiger partial charge is 0.381 e. The summed E-state index contributed by atoms with van der Waals surface area (Å²) in [4.78, 5) is 11.8. The molecule has 3 rings (SSSR count). The van der Waals surface area contributed by atoms with Crippen molar-refractivity contribution in [2.24, 2.45) is 4.99 Å². The van der Waals surface area contributed by atoms with Gasteiger partial charge in [-0.15, -0.1) is 11.3 Å². The van der Waals surface area contributed by atoms with Crippen molar-refractivity contribution >= 4 is 17.3 Å². The van der Waals surface area contributed by atoms with Gasteiger partial charge >= 0.3 is 0 Å². The molecule has 0 radical (unpaired) electrons. The highest BCUT2D eigenvalue weighted by atomic mass is 32.1. The van der Waals surface area contributed by atoms with Crippen LogP contribution >= 0.6 is 11.3 Å². The Morgan fingerprint density at radius 2 is 2.06 bits per heavy atom. The molecule has 1 atom stereocenters. The molecule has 1 saturated heterocycles. The minimum atomic E-state index is -0.215. The van der Waals surface area contributed by atoms with Crippen molar-refractivity contribution in [2.75, 3.05) is 40.5 Å². The molecule has 1 aromatic carbocycles. The zero-order chi connectivity index (χ0) is 22.3. The summed E-state index contributed by atoms with van der Waals surface area (Å²) < 4.78 is 24.5. The number of aliphatic imine (C=N–C) groups is 1. The molecule has 2 aromatic rings. The van der Waals surface area contributed by atoms with E-state index in [-0.39, 0.29) is 17.3 Å². The normalized spacial score (nSPS) is 17.4. The molecule has 0 amide bonds. The van der Waals surface area contributed by atoms with Crippen LogP contribution in [0.2, 0.25) is 0 Å². The molecule has 0 saturated carbocycles. The number of rotatable bonds is 8. The van der Waals surface area contributed by atoms with Crippen LogP contribution in [0, 0.1) is 5.82 Å². The Kier molecular flexibility index (Phi) is 8.40. The summed E-state index contributed by atoms with van der Waals surface area (Å²) in [6, 6.07) is 6.85. The van der Waals surface area contributed by atoms with E-state index in [9.17, 15) is 4.39 Å². The lowest BCUT2D eigenvalue weighted by atomic mass is 9.74. The molecular weight excluding hydrogens is 415 g/mol. The second-order valence-corrected chi connectivity index (χ2v) is 8.87. The van der Waals surface area contributed by atoms with Crippen LogP contribution in [0.4, 0.5) is 4.39 Å². The highest BCUT2D eigenvalue weighted by molar-refractivity contribution is 7.09. The fraction of sp³-hybridized carbons (Fsp3) is 0.565. The summed E-state index contributed by atoms with van der Waals surface area (Å²) in [6.45, 7) is 7.51. The Bertz CT molecular complexity index is 850. The number of nitrogens with one attached hydrogen (secondary N) is 1. The van der Waals surface area contributed by atoms with E-state index in [2.05, 4.69) is 22.5 Å².